The molecule has 3 N–H and O–H groups in total. The molecule has 1 fully saturated rings. The predicted octanol–water partition coefficient (Wildman–Crippen LogP) is 3.30. The lowest BCUT2D eigenvalue weighted by Gasteiger charge is -2.38. The van der Waals surface area contributed by atoms with Crippen LogP contribution in [0.4, 0.5) is 0 Å². The molecule has 3 nitrogen and oxygen atoms in total. The monoisotopic (exact) mass is 302 g/mol. The van der Waals surface area contributed by atoms with Crippen LogP contribution in [0.3, 0.4) is 0 Å². The van der Waals surface area contributed by atoms with Crippen molar-refractivity contribution >= 4 is 5.91 Å². The van der Waals surface area contributed by atoms with Gasteiger partial charge in [-0.1, -0.05) is 56.0 Å². The summed E-state index contributed by atoms with van der Waals surface area (Å²) in [7, 11) is 0. The number of hydrogen-bond donors (Lipinski definition) is 2. The van der Waals surface area contributed by atoms with Crippen molar-refractivity contribution in [3.8, 4) is 0 Å². The molecule has 2 unspecified atom stereocenters. The molecule has 0 aliphatic heterocycles. The van der Waals surface area contributed by atoms with Crippen LogP contribution in [0.25, 0.3) is 0 Å². The van der Waals surface area contributed by atoms with Gasteiger partial charge in [0.15, 0.2) is 0 Å². The summed E-state index contributed by atoms with van der Waals surface area (Å²) in [5.74, 6) is -0.0641. The Balaban J connectivity index is 2.15. The second-order valence-electron chi connectivity index (χ2n) is 7.08. The first-order valence-corrected chi connectivity index (χ1v) is 8.55. The smallest absolute Gasteiger partial charge is 0.224 e. The Morgan fingerprint density at radius 3 is 2.55 bits per heavy atom. The zero-order valence-electron chi connectivity index (χ0n) is 14.2. The summed E-state index contributed by atoms with van der Waals surface area (Å²) in [4.78, 5) is 12.3. The lowest BCUT2D eigenvalue weighted by Crippen LogP contribution is -2.46. The zero-order valence-corrected chi connectivity index (χ0v) is 14.2. The van der Waals surface area contributed by atoms with Crippen molar-refractivity contribution in [2.24, 2.45) is 11.7 Å². The summed E-state index contributed by atoms with van der Waals surface area (Å²) in [5.41, 5.74) is 8.61. The molecule has 1 aromatic rings. The van der Waals surface area contributed by atoms with Gasteiger partial charge in [0.1, 0.15) is 0 Å². The summed E-state index contributed by atoms with van der Waals surface area (Å²) in [5, 5.41) is 3.17. The van der Waals surface area contributed by atoms with E-state index >= 15 is 0 Å². The van der Waals surface area contributed by atoms with Gasteiger partial charge >= 0.3 is 0 Å². The van der Waals surface area contributed by atoms with Crippen molar-refractivity contribution in [3.63, 3.8) is 0 Å². The lowest BCUT2D eigenvalue weighted by atomic mass is 9.69. The maximum absolute atomic E-state index is 12.3. The molecule has 0 bridgehead atoms. The normalized spacial score (nSPS) is 20.2. The Bertz CT molecular complexity index is 504. The third-order valence-corrected chi connectivity index (χ3v) is 5.24. The number of nitrogens with one attached hydrogen (secondary N) is 1. The first kappa shape index (κ1) is 17.0. The van der Waals surface area contributed by atoms with Crippen molar-refractivity contribution in [1.82, 2.24) is 5.32 Å². The Labute approximate surface area is 134 Å². The average Bonchev–Trinajstić information content (AvgIpc) is 2.52. The predicted molar refractivity (Wildman–Crippen MR) is 91.8 cm³/mol. The Morgan fingerprint density at radius 2 is 1.95 bits per heavy atom. The SMILES string of the molecule is Cc1cccc(C2(CNC(=O)C(C)C(C)N)CCCCC2)c1. The van der Waals surface area contributed by atoms with Crippen LogP contribution in [-0.4, -0.2) is 18.5 Å². The minimum absolute atomic E-state index is 0.0765. The number of carbonyl (C=O) groups is 1. The Hall–Kier alpha value is -1.35. The maximum Gasteiger partial charge on any atom is 0.224 e. The Morgan fingerprint density at radius 1 is 1.27 bits per heavy atom. The van der Waals surface area contributed by atoms with Crippen LogP contribution in [0.15, 0.2) is 24.3 Å². The third kappa shape index (κ3) is 3.89. The molecule has 122 valence electrons. The molecule has 0 radical (unpaired) electrons. The zero-order chi connectivity index (χ0) is 16.2. The molecule has 1 saturated carbocycles. The summed E-state index contributed by atoms with van der Waals surface area (Å²) < 4.78 is 0. The van der Waals surface area contributed by atoms with Gasteiger partial charge in [-0.3, -0.25) is 4.79 Å². The van der Waals surface area contributed by atoms with E-state index in [4.69, 9.17) is 5.73 Å². The quantitative estimate of drug-likeness (QED) is 0.877. The summed E-state index contributed by atoms with van der Waals surface area (Å²) in [6.07, 6.45) is 6.10. The van der Waals surface area contributed by atoms with Gasteiger partial charge in [-0.05, 0) is 32.3 Å². The Kier molecular flexibility index (Phi) is 5.63. The molecule has 1 aromatic carbocycles. The highest BCUT2D eigenvalue weighted by Crippen LogP contribution is 2.39. The van der Waals surface area contributed by atoms with E-state index in [0.717, 1.165) is 19.4 Å². The van der Waals surface area contributed by atoms with Gasteiger partial charge < -0.3 is 11.1 Å². The highest BCUT2D eigenvalue weighted by molar-refractivity contribution is 5.79. The van der Waals surface area contributed by atoms with Crippen LogP contribution in [0.2, 0.25) is 0 Å². The van der Waals surface area contributed by atoms with E-state index in [0.29, 0.717) is 0 Å². The molecular weight excluding hydrogens is 272 g/mol. The van der Waals surface area contributed by atoms with Gasteiger partial charge in [-0.15, -0.1) is 0 Å². The van der Waals surface area contributed by atoms with Crippen LogP contribution >= 0.6 is 0 Å². The largest absolute Gasteiger partial charge is 0.355 e. The number of benzene rings is 1. The molecule has 0 aromatic heterocycles. The van der Waals surface area contributed by atoms with E-state index in [-0.39, 0.29) is 23.3 Å². The van der Waals surface area contributed by atoms with Crippen LogP contribution in [0.1, 0.15) is 57.1 Å². The fourth-order valence-corrected chi connectivity index (χ4v) is 3.43. The third-order valence-electron chi connectivity index (χ3n) is 5.24. The number of amides is 1. The van der Waals surface area contributed by atoms with E-state index in [1.807, 2.05) is 13.8 Å². The van der Waals surface area contributed by atoms with E-state index in [1.54, 1.807) is 0 Å². The molecule has 22 heavy (non-hydrogen) atoms. The van der Waals surface area contributed by atoms with Crippen LogP contribution in [-0.2, 0) is 10.2 Å². The van der Waals surface area contributed by atoms with Crippen LogP contribution in [0.5, 0.6) is 0 Å². The second-order valence-corrected chi connectivity index (χ2v) is 7.08. The van der Waals surface area contributed by atoms with E-state index in [9.17, 15) is 4.79 Å². The van der Waals surface area contributed by atoms with Crippen molar-refractivity contribution in [3.05, 3.63) is 35.4 Å². The summed E-state index contributed by atoms with van der Waals surface area (Å²) >= 11 is 0. The van der Waals surface area contributed by atoms with E-state index in [2.05, 4.69) is 36.5 Å². The molecule has 0 saturated heterocycles. The molecule has 3 heteroatoms. The standard InChI is InChI=1S/C19H30N2O/c1-14-8-7-9-17(12-14)19(10-5-4-6-11-19)13-21-18(22)15(2)16(3)20/h7-9,12,15-16H,4-6,10-11,13,20H2,1-3H3,(H,21,22). The molecule has 1 aliphatic rings. The molecular formula is C19H30N2O. The fraction of sp³-hybridized carbons (Fsp3) is 0.632. The van der Waals surface area contributed by atoms with Crippen molar-refractivity contribution in [1.29, 1.82) is 0 Å². The van der Waals surface area contributed by atoms with Crippen LogP contribution < -0.4 is 11.1 Å². The van der Waals surface area contributed by atoms with Gasteiger partial charge in [0, 0.05) is 23.9 Å². The van der Waals surface area contributed by atoms with Gasteiger partial charge in [-0.25, -0.2) is 0 Å². The highest BCUT2D eigenvalue weighted by Gasteiger charge is 2.34. The number of nitrogens with two attached hydrogens (primary N) is 1. The molecule has 1 aliphatic carbocycles. The second kappa shape index (κ2) is 7.28. The van der Waals surface area contributed by atoms with Gasteiger partial charge in [0.2, 0.25) is 5.91 Å². The van der Waals surface area contributed by atoms with Gasteiger partial charge in [-0.2, -0.15) is 0 Å². The maximum atomic E-state index is 12.3. The molecule has 1 amide bonds. The number of rotatable bonds is 5. The first-order chi connectivity index (χ1) is 10.4. The lowest BCUT2D eigenvalue weighted by molar-refractivity contribution is -0.125. The molecule has 0 spiro atoms. The fourth-order valence-electron chi connectivity index (χ4n) is 3.43. The topological polar surface area (TPSA) is 55.1 Å². The molecule has 2 rings (SSSR count). The first-order valence-electron chi connectivity index (χ1n) is 8.55. The highest BCUT2D eigenvalue weighted by atomic mass is 16.1. The van der Waals surface area contributed by atoms with Crippen molar-refractivity contribution in [2.75, 3.05) is 6.54 Å². The van der Waals surface area contributed by atoms with Crippen molar-refractivity contribution < 1.29 is 4.79 Å². The number of aryl methyl sites for hydroxylation is 1. The van der Waals surface area contributed by atoms with Crippen LogP contribution in [0, 0.1) is 12.8 Å². The number of hydrogen-bond acceptors (Lipinski definition) is 2. The van der Waals surface area contributed by atoms with E-state index < -0.39 is 0 Å². The molecule has 0 heterocycles. The summed E-state index contributed by atoms with van der Waals surface area (Å²) in [6, 6.07) is 8.66. The summed E-state index contributed by atoms with van der Waals surface area (Å²) in [6.45, 7) is 6.66. The molecule has 2 atom stereocenters. The average molecular weight is 302 g/mol. The van der Waals surface area contributed by atoms with Gasteiger partial charge in [0.25, 0.3) is 0 Å². The van der Waals surface area contributed by atoms with Crippen molar-refractivity contribution in [2.45, 2.75) is 64.3 Å². The number of carbonyl (C=O) groups excluding carboxylic acids is 1. The van der Waals surface area contributed by atoms with Gasteiger partial charge in [0.05, 0.1) is 0 Å². The minimum atomic E-state index is -0.141. The van der Waals surface area contributed by atoms with E-state index in [1.165, 1.54) is 30.4 Å². The minimum Gasteiger partial charge on any atom is -0.355 e.